The minimum Gasteiger partial charge on any atom is -0.482 e. The van der Waals surface area contributed by atoms with E-state index in [9.17, 15) is 9.59 Å². The molecular weight excluding hydrogens is 186 g/mol. The van der Waals surface area contributed by atoms with Gasteiger partial charge in [-0.15, -0.1) is 0 Å². The number of hydrogen-bond donors (Lipinski definition) is 1. The molecule has 14 heavy (non-hydrogen) atoms. The average molecular weight is 193 g/mol. The van der Waals surface area contributed by atoms with Crippen molar-refractivity contribution in [2.24, 2.45) is 5.92 Å². The van der Waals surface area contributed by atoms with Crippen LogP contribution < -0.4 is 0 Å². The van der Waals surface area contributed by atoms with Crippen LogP contribution in [0.2, 0.25) is 0 Å². The van der Waals surface area contributed by atoms with Crippen LogP contribution in [0.25, 0.3) is 0 Å². The van der Waals surface area contributed by atoms with Crippen LogP contribution in [-0.4, -0.2) is 27.7 Å². The van der Waals surface area contributed by atoms with E-state index in [1.165, 1.54) is 0 Å². The normalized spacial score (nSPS) is 38.4. The highest BCUT2D eigenvalue weighted by Gasteiger charge is 2.60. The van der Waals surface area contributed by atoms with Crippen LogP contribution in [0.15, 0.2) is 23.5 Å². The summed E-state index contributed by atoms with van der Waals surface area (Å²) in [5, 5.41) is 9.34. The van der Waals surface area contributed by atoms with E-state index in [0.29, 0.717) is 5.76 Å². The van der Waals surface area contributed by atoms with Gasteiger partial charge in [-0.2, -0.15) is 5.06 Å². The number of nitrogens with zero attached hydrogens (tertiary/aromatic N) is 1. The third-order valence-corrected chi connectivity index (χ3v) is 2.90. The SMILES string of the molecule is CC12C=CC(=C3C(=O)N(O)C(=O)C31)O2. The van der Waals surface area contributed by atoms with E-state index < -0.39 is 23.3 Å². The van der Waals surface area contributed by atoms with Gasteiger partial charge in [0.25, 0.3) is 11.8 Å². The van der Waals surface area contributed by atoms with E-state index in [1.54, 1.807) is 19.1 Å². The molecule has 3 aliphatic rings. The highest BCUT2D eigenvalue weighted by Crippen LogP contribution is 2.49. The molecule has 0 radical (unpaired) electrons. The molecule has 0 aliphatic carbocycles. The Bertz CT molecular complexity index is 436. The molecule has 3 heterocycles. The molecule has 1 N–H and O–H groups in total. The summed E-state index contributed by atoms with van der Waals surface area (Å²) in [6.45, 7) is 1.72. The van der Waals surface area contributed by atoms with Gasteiger partial charge in [-0.05, 0) is 19.1 Å². The first-order chi connectivity index (χ1) is 6.54. The maximum Gasteiger partial charge on any atom is 0.285 e. The van der Waals surface area contributed by atoms with E-state index in [1.807, 2.05) is 0 Å². The Hall–Kier alpha value is -1.62. The van der Waals surface area contributed by atoms with Crippen LogP contribution in [0, 0.1) is 5.92 Å². The molecule has 2 unspecified atom stereocenters. The minimum atomic E-state index is -0.783. The summed E-state index contributed by atoms with van der Waals surface area (Å²) in [7, 11) is 0. The van der Waals surface area contributed by atoms with Crippen molar-refractivity contribution in [1.29, 1.82) is 0 Å². The predicted octanol–water partition coefficient (Wildman–Crippen LogP) is -0.0266. The van der Waals surface area contributed by atoms with Crippen molar-refractivity contribution < 1.29 is 19.5 Å². The van der Waals surface area contributed by atoms with Gasteiger partial charge in [0, 0.05) is 0 Å². The van der Waals surface area contributed by atoms with Gasteiger partial charge in [-0.1, -0.05) is 0 Å². The van der Waals surface area contributed by atoms with Gasteiger partial charge in [-0.3, -0.25) is 14.8 Å². The zero-order valence-corrected chi connectivity index (χ0v) is 7.35. The smallest absolute Gasteiger partial charge is 0.285 e. The summed E-state index contributed by atoms with van der Waals surface area (Å²) >= 11 is 0. The lowest BCUT2D eigenvalue weighted by Gasteiger charge is -2.22. The van der Waals surface area contributed by atoms with E-state index in [-0.39, 0.29) is 10.6 Å². The minimum absolute atomic E-state index is 0.174. The fraction of sp³-hybridized carbons (Fsp3) is 0.333. The summed E-state index contributed by atoms with van der Waals surface area (Å²) in [6, 6.07) is 0. The Labute approximate surface area is 79.2 Å². The van der Waals surface area contributed by atoms with Crippen molar-refractivity contribution in [3.05, 3.63) is 23.5 Å². The molecule has 5 heteroatoms. The maximum atomic E-state index is 11.5. The fourth-order valence-electron chi connectivity index (χ4n) is 2.21. The molecule has 1 fully saturated rings. The lowest BCUT2D eigenvalue weighted by atomic mass is 9.84. The number of allylic oxidation sites excluding steroid dienone is 1. The number of ether oxygens (including phenoxy) is 1. The summed E-state index contributed by atoms with van der Waals surface area (Å²) < 4.78 is 5.40. The van der Waals surface area contributed by atoms with Crippen molar-refractivity contribution in [3.8, 4) is 0 Å². The second-order valence-corrected chi connectivity index (χ2v) is 3.79. The number of carbonyl (C=O) groups excluding carboxylic acids is 2. The summed E-state index contributed by atoms with van der Waals surface area (Å²) in [5.74, 6) is -1.53. The quantitative estimate of drug-likeness (QED) is 0.433. The number of amides is 2. The molecule has 72 valence electrons. The van der Waals surface area contributed by atoms with Gasteiger partial charge in [0.2, 0.25) is 0 Å². The average Bonchev–Trinajstić information content (AvgIpc) is 2.72. The monoisotopic (exact) mass is 193 g/mol. The van der Waals surface area contributed by atoms with Gasteiger partial charge >= 0.3 is 0 Å². The Kier molecular flexibility index (Phi) is 1.05. The van der Waals surface area contributed by atoms with Crippen molar-refractivity contribution in [1.82, 2.24) is 5.06 Å². The second-order valence-electron chi connectivity index (χ2n) is 3.79. The van der Waals surface area contributed by atoms with Crippen LogP contribution >= 0.6 is 0 Å². The molecule has 3 aliphatic heterocycles. The standard InChI is InChI=1S/C9H7NO4/c1-9-3-2-4(14-9)5-6(9)8(12)10(13)7(5)11/h2-3,6,13H,1H3. The van der Waals surface area contributed by atoms with E-state index >= 15 is 0 Å². The Balaban J connectivity index is 2.24. The zero-order valence-electron chi connectivity index (χ0n) is 7.35. The van der Waals surface area contributed by atoms with Gasteiger partial charge in [0.15, 0.2) is 0 Å². The third-order valence-electron chi connectivity index (χ3n) is 2.90. The molecule has 5 nitrogen and oxygen atoms in total. The molecule has 0 saturated carbocycles. The maximum absolute atomic E-state index is 11.5. The van der Waals surface area contributed by atoms with Gasteiger partial charge < -0.3 is 4.74 Å². The summed E-state index contributed by atoms with van der Waals surface area (Å²) in [6.07, 6.45) is 3.40. The van der Waals surface area contributed by atoms with Crippen LogP contribution in [0.3, 0.4) is 0 Å². The number of rotatable bonds is 0. The molecule has 2 atom stereocenters. The van der Waals surface area contributed by atoms with Crippen LogP contribution in [0.4, 0.5) is 0 Å². The van der Waals surface area contributed by atoms with Gasteiger partial charge in [-0.25, -0.2) is 0 Å². The molecular formula is C9H7NO4. The predicted molar refractivity (Wildman–Crippen MR) is 42.8 cm³/mol. The lowest BCUT2D eigenvalue weighted by Crippen LogP contribution is -2.37. The first-order valence-corrected chi connectivity index (χ1v) is 4.24. The molecule has 0 aromatic rings. The van der Waals surface area contributed by atoms with Gasteiger partial charge in [0.05, 0.1) is 5.57 Å². The highest BCUT2D eigenvalue weighted by molar-refractivity contribution is 6.15. The number of imide groups is 1. The van der Waals surface area contributed by atoms with Crippen molar-refractivity contribution in [2.45, 2.75) is 12.5 Å². The lowest BCUT2D eigenvalue weighted by molar-refractivity contribution is -0.173. The zero-order chi connectivity index (χ0) is 10.1. The fourth-order valence-corrected chi connectivity index (χ4v) is 2.21. The highest BCUT2D eigenvalue weighted by atomic mass is 16.5. The van der Waals surface area contributed by atoms with E-state index in [2.05, 4.69) is 0 Å². The van der Waals surface area contributed by atoms with Crippen molar-refractivity contribution >= 4 is 11.8 Å². The molecule has 0 spiro atoms. The largest absolute Gasteiger partial charge is 0.482 e. The molecule has 2 amide bonds. The van der Waals surface area contributed by atoms with Gasteiger partial charge in [0.1, 0.15) is 17.3 Å². The molecule has 2 bridgehead atoms. The van der Waals surface area contributed by atoms with Crippen LogP contribution in [0.1, 0.15) is 6.92 Å². The molecule has 1 saturated heterocycles. The third kappa shape index (κ3) is 0.589. The van der Waals surface area contributed by atoms with Crippen LogP contribution in [-0.2, 0) is 14.3 Å². The number of hydrogen-bond acceptors (Lipinski definition) is 4. The topological polar surface area (TPSA) is 66.8 Å². The number of hydroxylamine groups is 2. The van der Waals surface area contributed by atoms with Crippen LogP contribution in [0.5, 0.6) is 0 Å². The molecule has 3 rings (SSSR count). The van der Waals surface area contributed by atoms with E-state index in [4.69, 9.17) is 9.94 Å². The number of carbonyl (C=O) groups is 2. The Morgan fingerprint density at radius 2 is 2.29 bits per heavy atom. The Morgan fingerprint density at radius 3 is 2.93 bits per heavy atom. The summed E-state index contributed by atoms with van der Waals surface area (Å²) in [5.41, 5.74) is -0.503. The first kappa shape index (κ1) is 7.75. The Morgan fingerprint density at radius 1 is 1.57 bits per heavy atom. The van der Waals surface area contributed by atoms with Crippen molar-refractivity contribution in [3.63, 3.8) is 0 Å². The number of fused-ring (bicyclic) bond motifs is 4. The van der Waals surface area contributed by atoms with Crippen molar-refractivity contribution in [2.75, 3.05) is 0 Å². The van der Waals surface area contributed by atoms with E-state index in [0.717, 1.165) is 0 Å². The second kappa shape index (κ2) is 1.90. The summed E-state index contributed by atoms with van der Waals surface area (Å²) in [4.78, 5) is 22.9. The molecule has 0 aromatic heterocycles. The molecule has 0 aromatic carbocycles. The first-order valence-electron chi connectivity index (χ1n) is 4.24.